The van der Waals surface area contributed by atoms with Gasteiger partial charge >= 0.3 is 0 Å². The van der Waals surface area contributed by atoms with Crippen molar-refractivity contribution in [2.24, 2.45) is 5.73 Å². The first-order valence-corrected chi connectivity index (χ1v) is 4.15. The highest BCUT2D eigenvalue weighted by Crippen LogP contribution is 2.12. The molecule has 0 fully saturated rings. The van der Waals surface area contributed by atoms with Gasteiger partial charge in [0.2, 0.25) is 0 Å². The molecule has 2 N–H and O–H groups in total. The number of nitrogens with two attached hydrogens (primary N) is 1. The predicted octanol–water partition coefficient (Wildman–Crippen LogP) is 0.865. The highest BCUT2D eigenvalue weighted by molar-refractivity contribution is 5.34. The highest BCUT2D eigenvalue weighted by Gasteiger charge is 2.03. The Labute approximate surface area is 80.2 Å². The molecule has 1 heterocycles. The molecule has 0 radical (unpaired) electrons. The molecule has 2 aromatic rings. The van der Waals surface area contributed by atoms with Gasteiger partial charge in [0.25, 0.3) is 0 Å². The highest BCUT2D eigenvalue weighted by atomic mass is 19.1. The number of halogens is 1. The van der Waals surface area contributed by atoms with Crippen LogP contribution < -0.4 is 5.73 Å². The third-order valence-electron chi connectivity index (χ3n) is 1.94. The van der Waals surface area contributed by atoms with E-state index in [0.29, 0.717) is 11.3 Å². The maximum absolute atomic E-state index is 13.3. The Hall–Kier alpha value is -1.75. The Bertz CT molecular complexity index is 424. The zero-order valence-electron chi connectivity index (χ0n) is 7.39. The summed E-state index contributed by atoms with van der Waals surface area (Å²) < 4.78 is 14.8. The first kappa shape index (κ1) is 8.83. The van der Waals surface area contributed by atoms with Gasteiger partial charge in [0.15, 0.2) is 0 Å². The van der Waals surface area contributed by atoms with E-state index in [4.69, 9.17) is 5.73 Å². The molecule has 0 unspecified atom stereocenters. The average molecular weight is 192 g/mol. The van der Waals surface area contributed by atoms with Crippen molar-refractivity contribution >= 4 is 0 Å². The Morgan fingerprint density at radius 1 is 1.43 bits per heavy atom. The van der Waals surface area contributed by atoms with Crippen molar-refractivity contribution in [3.63, 3.8) is 0 Å². The summed E-state index contributed by atoms with van der Waals surface area (Å²) in [5, 5.41) is 3.89. The summed E-state index contributed by atoms with van der Waals surface area (Å²) in [7, 11) is 0. The van der Waals surface area contributed by atoms with Gasteiger partial charge in [0.05, 0.1) is 5.69 Å². The topological polar surface area (TPSA) is 56.7 Å². The van der Waals surface area contributed by atoms with Gasteiger partial charge in [-0.15, -0.1) is 0 Å². The minimum atomic E-state index is -0.319. The molecule has 0 amide bonds. The Morgan fingerprint density at radius 2 is 2.29 bits per heavy atom. The van der Waals surface area contributed by atoms with E-state index in [0.717, 1.165) is 0 Å². The molecule has 0 atom stereocenters. The van der Waals surface area contributed by atoms with Gasteiger partial charge in [-0.05, 0) is 12.1 Å². The van der Waals surface area contributed by atoms with Crippen LogP contribution in [0.1, 0.15) is 5.56 Å². The van der Waals surface area contributed by atoms with Crippen molar-refractivity contribution in [2.45, 2.75) is 6.54 Å². The van der Waals surface area contributed by atoms with E-state index in [9.17, 15) is 4.39 Å². The van der Waals surface area contributed by atoms with E-state index in [-0.39, 0.29) is 12.4 Å². The second kappa shape index (κ2) is 3.55. The normalized spacial score (nSPS) is 10.4. The summed E-state index contributed by atoms with van der Waals surface area (Å²) in [6.45, 7) is 0.198. The summed E-state index contributed by atoms with van der Waals surface area (Å²) in [6, 6.07) is 4.78. The maximum atomic E-state index is 13.3. The molecule has 0 aliphatic rings. The molecule has 4 nitrogen and oxygen atoms in total. The molecular formula is C9H9FN4. The summed E-state index contributed by atoms with van der Waals surface area (Å²) in [4.78, 5) is 3.78. The third-order valence-corrected chi connectivity index (χ3v) is 1.94. The number of aromatic nitrogens is 3. The van der Waals surface area contributed by atoms with Gasteiger partial charge in [-0.25, -0.2) is 14.1 Å². The van der Waals surface area contributed by atoms with Crippen LogP contribution in [0.15, 0.2) is 30.9 Å². The van der Waals surface area contributed by atoms with Crippen LogP contribution in [0.4, 0.5) is 4.39 Å². The quantitative estimate of drug-likeness (QED) is 0.767. The minimum Gasteiger partial charge on any atom is -0.326 e. The van der Waals surface area contributed by atoms with Crippen LogP contribution in [-0.4, -0.2) is 14.8 Å². The Kier molecular flexibility index (Phi) is 2.24. The Balaban J connectivity index is 2.43. The summed E-state index contributed by atoms with van der Waals surface area (Å²) in [5.41, 5.74) is 6.48. The summed E-state index contributed by atoms with van der Waals surface area (Å²) in [5.74, 6) is -0.319. The van der Waals surface area contributed by atoms with Crippen molar-refractivity contribution in [3.8, 4) is 5.69 Å². The number of nitrogens with zero attached hydrogens (tertiary/aromatic N) is 3. The fraction of sp³-hybridized carbons (Fsp3) is 0.111. The van der Waals surface area contributed by atoms with Crippen molar-refractivity contribution < 1.29 is 4.39 Å². The molecule has 0 aliphatic heterocycles. The van der Waals surface area contributed by atoms with Crippen LogP contribution in [0.25, 0.3) is 5.69 Å². The van der Waals surface area contributed by atoms with Crippen molar-refractivity contribution in [1.29, 1.82) is 0 Å². The van der Waals surface area contributed by atoms with Gasteiger partial charge in [-0.2, -0.15) is 5.10 Å². The number of hydrogen-bond acceptors (Lipinski definition) is 3. The first-order chi connectivity index (χ1) is 6.81. The SMILES string of the molecule is NCc1ccc(-n2cncn2)cc1F. The number of rotatable bonds is 2. The molecule has 2 rings (SSSR count). The zero-order chi connectivity index (χ0) is 9.97. The molecule has 5 heteroatoms. The number of hydrogen-bond donors (Lipinski definition) is 1. The minimum absolute atomic E-state index is 0.198. The summed E-state index contributed by atoms with van der Waals surface area (Å²) >= 11 is 0. The largest absolute Gasteiger partial charge is 0.326 e. The molecule has 0 saturated carbocycles. The van der Waals surface area contributed by atoms with Crippen LogP contribution in [0.5, 0.6) is 0 Å². The Morgan fingerprint density at radius 3 is 2.86 bits per heavy atom. The van der Waals surface area contributed by atoms with E-state index in [1.165, 1.54) is 23.4 Å². The van der Waals surface area contributed by atoms with Crippen LogP contribution in [-0.2, 0) is 6.54 Å². The summed E-state index contributed by atoms with van der Waals surface area (Å²) in [6.07, 6.45) is 2.91. The monoisotopic (exact) mass is 192 g/mol. The molecule has 0 bridgehead atoms. The smallest absolute Gasteiger partial charge is 0.138 e. The van der Waals surface area contributed by atoms with E-state index in [1.54, 1.807) is 12.1 Å². The lowest BCUT2D eigenvalue weighted by atomic mass is 10.2. The first-order valence-electron chi connectivity index (χ1n) is 4.15. The van der Waals surface area contributed by atoms with Gasteiger partial charge in [-0.3, -0.25) is 0 Å². The van der Waals surface area contributed by atoms with Crippen LogP contribution in [0.3, 0.4) is 0 Å². The lowest BCUT2D eigenvalue weighted by molar-refractivity contribution is 0.608. The third kappa shape index (κ3) is 1.49. The van der Waals surface area contributed by atoms with Gasteiger partial charge in [0, 0.05) is 12.1 Å². The van der Waals surface area contributed by atoms with E-state index in [1.807, 2.05) is 0 Å². The zero-order valence-corrected chi connectivity index (χ0v) is 7.39. The molecule has 1 aromatic heterocycles. The average Bonchev–Trinajstić information content (AvgIpc) is 2.70. The molecule has 0 saturated heterocycles. The standard InChI is InChI=1S/C9H9FN4/c10-9-3-8(2-1-7(9)4-11)14-6-12-5-13-14/h1-3,5-6H,4,11H2. The second-order valence-electron chi connectivity index (χ2n) is 2.82. The lowest BCUT2D eigenvalue weighted by Crippen LogP contribution is -2.02. The second-order valence-corrected chi connectivity index (χ2v) is 2.82. The van der Waals surface area contributed by atoms with E-state index in [2.05, 4.69) is 10.1 Å². The van der Waals surface area contributed by atoms with Gasteiger partial charge in [-0.1, -0.05) is 6.07 Å². The van der Waals surface area contributed by atoms with Crippen LogP contribution in [0.2, 0.25) is 0 Å². The van der Waals surface area contributed by atoms with E-state index < -0.39 is 0 Å². The predicted molar refractivity (Wildman–Crippen MR) is 49.2 cm³/mol. The number of benzene rings is 1. The van der Waals surface area contributed by atoms with Gasteiger partial charge in [0.1, 0.15) is 18.5 Å². The lowest BCUT2D eigenvalue weighted by Gasteiger charge is -2.03. The molecule has 0 aliphatic carbocycles. The van der Waals surface area contributed by atoms with Crippen molar-refractivity contribution in [3.05, 3.63) is 42.2 Å². The van der Waals surface area contributed by atoms with E-state index >= 15 is 0 Å². The fourth-order valence-corrected chi connectivity index (χ4v) is 1.19. The van der Waals surface area contributed by atoms with Crippen LogP contribution >= 0.6 is 0 Å². The molecule has 1 aromatic carbocycles. The molecular weight excluding hydrogens is 183 g/mol. The van der Waals surface area contributed by atoms with Crippen molar-refractivity contribution in [2.75, 3.05) is 0 Å². The van der Waals surface area contributed by atoms with Crippen molar-refractivity contribution in [1.82, 2.24) is 14.8 Å². The molecule has 72 valence electrons. The maximum Gasteiger partial charge on any atom is 0.138 e. The van der Waals surface area contributed by atoms with Crippen LogP contribution in [0, 0.1) is 5.82 Å². The molecule has 14 heavy (non-hydrogen) atoms. The molecule has 0 spiro atoms. The van der Waals surface area contributed by atoms with Gasteiger partial charge < -0.3 is 5.73 Å². The fourth-order valence-electron chi connectivity index (χ4n) is 1.19.